The second-order valence-electron chi connectivity index (χ2n) is 8.74. The summed E-state index contributed by atoms with van der Waals surface area (Å²) in [5.74, 6) is 0.315. The van der Waals surface area contributed by atoms with Gasteiger partial charge in [-0.15, -0.1) is 0 Å². The van der Waals surface area contributed by atoms with Crippen LogP contribution in [-0.4, -0.2) is 28.8 Å². The molecule has 0 aromatic carbocycles. The highest BCUT2D eigenvalue weighted by Crippen LogP contribution is 2.68. The number of ketones is 1. The molecular formula is C19H24F6O2. The van der Waals surface area contributed by atoms with Crippen LogP contribution >= 0.6 is 0 Å². The molecule has 0 amide bonds. The molecule has 3 atom stereocenters. The number of fused-ring (bicyclic) bond motifs is 1. The summed E-state index contributed by atoms with van der Waals surface area (Å²) < 4.78 is 76.8. The number of carbonyl (C=O) groups is 1. The van der Waals surface area contributed by atoms with Crippen LogP contribution in [0.1, 0.15) is 58.3 Å². The standard InChI is InChI=1S/C19H24F6O2/c1-15-7-2-4-13(26)12(15)5-6-14(15)16(10-11-16)8-3-9-17(27,18(20,21)22)19(23,24)25/h3,9,12,14,27H,2,4-8,10-11H2,1H3/b9-3-/t12-,14-,15-/m0/s1. The molecule has 3 rings (SSSR count). The van der Waals surface area contributed by atoms with Crippen molar-refractivity contribution in [1.29, 1.82) is 0 Å². The van der Waals surface area contributed by atoms with E-state index in [1.807, 2.05) is 0 Å². The van der Waals surface area contributed by atoms with Crippen LogP contribution in [0, 0.1) is 22.7 Å². The summed E-state index contributed by atoms with van der Waals surface area (Å²) in [6, 6.07) is 0. The van der Waals surface area contributed by atoms with Crippen molar-refractivity contribution in [3.8, 4) is 0 Å². The largest absolute Gasteiger partial charge is 0.429 e. The number of hydrogen-bond acceptors (Lipinski definition) is 2. The fourth-order valence-corrected chi connectivity index (χ4v) is 5.61. The van der Waals surface area contributed by atoms with Crippen molar-refractivity contribution in [1.82, 2.24) is 0 Å². The third-order valence-corrected chi connectivity index (χ3v) is 7.24. The first kappa shape index (κ1) is 20.7. The lowest BCUT2D eigenvalue weighted by molar-refractivity contribution is -0.347. The van der Waals surface area contributed by atoms with Crippen LogP contribution in [0.15, 0.2) is 12.2 Å². The van der Waals surface area contributed by atoms with E-state index in [0.717, 1.165) is 44.6 Å². The van der Waals surface area contributed by atoms with Crippen molar-refractivity contribution < 1.29 is 36.2 Å². The van der Waals surface area contributed by atoms with E-state index >= 15 is 0 Å². The van der Waals surface area contributed by atoms with E-state index < -0.39 is 18.0 Å². The molecule has 0 spiro atoms. The molecule has 0 bridgehead atoms. The fraction of sp³-hybridized carbons (Fsp3) is 0.842. The molecule has 1 N–H and O–H groups in total. The van der Waals surface area contributed by atoms with Crippen molar-refractivity contribution in [3.05, 3.63) is 12.2 Å². The molecule has 3 aliphatic rings. The van der Waals surface area contributed by atoms with Gasteiger partial charge in [0.05, 0.1) is 0 Å². The van der Waals surface area contributed by atoms with E-state index in [0.29, 0.717) is 6.42 Å². The Balaban J connectivity index is 1.78. The van der Waals surface area contributed by atoms with Crippen LogP contribution < -0.4 is 0 Å². The summed E-state index contributed by atoms with van der Waals surface area (Å²) in [5, 5.41) is 9.26. The summed E-state index contributed by atoms with van der Waals surface area (Å²) in [4.78, 5) is 12.2. The first-order chi connectivity index (χ1) is 12.3. The molecule has 27 heavy (non-hydrogen) atoms. The highest BCUT2D eigenvalue weighted by molar-refractivity contribution is 5.83. The molecule has 154 valence electrons. The lowest BCUT2D eigenvalue weighted by atomic mass is 9.60. The predicted octanol–water partition coefficient (Wildman–Crippen LogP) is 5.35. The summed E-state index contributed by atoms with van der Waals surface area (Å²) in [6.45, 7) is 2.05. The molecule has 0 aromatic heterocycles. The fourth-order valence-electron chi connectivity index (χ4n) is 5.61. The number of aliphatic hydroxyl groups is 1. The minimum Gasteiger partial charge on any atom is -0.370 e. The zero-order chi connectivity index (χ0) is 20.3. The van der Waals surface area contributed by atoms with Gasteiger partial charge in [-0.3, -0.25) is 4.79 Å². The second-order valence-corrected chi connectivity index (χ2v) is 8.74. The maximum Gasteiger partial charge on any atom is 0.429 e. The summed E-state index contributed by atoms with van der Waals surface area (Å²) in [7, 11) is 0. The van der Waals surface area contributed by atoms with E-state index in [-0.39, 0.29) is 40.9 Å². The second kappa shape index (κ2) is 6.22. The van der Waals surface area contributed by atoms with Crippen LogP contribution in [-0.2, 0) is 4.79 Å². The van der Waals surface area contributed by atoms with Gasteiger partial charge in [-0.1, -0.05) is 13.0 Å². The van der Waals surface area contributed by atoms with Gasteiger partial charge < -0.3 is 5.11 Å². The smallest absolute Gasteiger partial charge is 0.370 e. The van der Waals surface area contributed by atoms with Gasteiger partial charge in [-0.2, -0.15) is 26.3 Å². The van der Waals surface area contributed by atoms with Gasteiger partial charge >= 0.3 is 12.4 Å². The van der Waals surface area contributed by atoms with Crippen molar-refractivity contribution in [2.75, 3.05) is 0 Å². The Hall–Kier alpha value is -1.05. The van der Waals surface area contributed by atoms with E-state index in [1.165, 1.54) is 0 Å². The average Bonchev–Trinajstić information content (AvgIpc) is 3.19. The summed E-state index contributed by atoms with van der Waals surface area (Å²) in [6.07, 6.45) is -5.70. The minimum absolute atomic E-state index is 0.0417. The minimum atomic E-state index is -5.83. The third kappa shape index (κ3) is 3.21. The van der Waals surface area contributed by atoms with Crippen molar-refractivity contribution in [3.63, 3.8) is 0 Å². The quantitative estimate of drug-likeness (QED) is 0.512. The van der Waals surface area contributed by atoms with Gasteiger partial charge in [0.15, 0.2) is 0 Å². The predicted molar refractivity (Wildman–Crippen MR) is 85.7 cm³/mol. The first-order valence-corrected chi connectivity index (χ1v) is 9.33. The lowest BCUT2D eigenvalue weighted by Gasteiger charge is -2.43. The summed E-state index contributed by atoms with van der Waals surface area (Å²) in [5.41, 5.74) is -5.40. The number of allylic oxidation sites excluding steroid dienone is 1. The zero-order valence-electron chi connectivity index (χ0n) is 15.1. The number of rotatable bonds is 4. The Morgan fingerprint density at radius 2 is 1.67 bits per heavy atom. The van der Waals surface area contributed by atoms with Gasteiger partial charge in [0.25, 0.3) is 5.60 Å². The maximum absolute atomic E-state index is 12.8. The number of hydrogen-bond donors (Lipinski definition) is 1. The number of halogens is 6. The van der Waals surface area contributed by atoms with Crippen LogP contribution in [0.25, 0.3) is 0 Å². The molecule has 2 nitrogen and oxygen atoms in total. The molecule has 0 aromatic rings. The number of alkyl halides is 6. The average molecular weight is 398 g/mol. The topological polar surface area (TPSA) is 37.3 Å². The number of Topliss-reactive ketones (excluding diaryl/α,β-unsaturated/α-hetero) is 1. The van der Waals surface area contributed by atoms with Crippen LogP contribution in [0.2, 0.25) is 0 Å². The molecule has 0 aliphatic heterocycles. The molecular weight excluding hydrogens is 374 g/mol. The van der Waals surface area contributed by atoms with Crippen molar-refractivity contribution in [2.24, 2.45) is 22.7 Å². The third-order valence-electron chi connectivity index (χ3n) is 7.24. The Bertz CT molecular complexity index is 617. The Kier molecular flexibility index (Phi) is 4.77. The molecule has 3 aliphatic carbocycles. The molecule has 3 fully saturated rings. The summed E-state index contributed by atoms with van der Waals surface area (Å²) >= 11 is 0. The highest BCUT2D eigenvalue weighted by Gasteiger charge is 2.69. The van der Waals surface area contributed by atoms with Gasteiger partial charge in [0, 0.05) is 12.3 Å². The monoisotopic (exact) mass is 398 g/mol. The van der Waals surface area contributed by atoms with E-state index in [2.05, 4.69) is 6.92 Å². The normalized spacial score (nSPS) is 34.1. The van der Waals surface area contributed by atoms with E-state index in [1.54, 1.807) is 0 Å². The Morgan fingerprint density at radius 3 is 2.19 bits per heavy atom. The van der Waals surface area contributed by atoms with Gasteiger partial charge in [-0.25, -0.2) is 0 Å². The van der Waals surface area contributed by atoms with Crippen LogP contribution in [0.3, 0.4) is 0 Å². The van der Waals surface area contributed by atoms with Crippen LogP contribution in [0.5, 0.6) is 0 Å². The van der Waals surface area contributed by atoms with Crippen molar-refractivity contribution in [2.45, 2.75) is 76.2 Å². The van der Waals surface area contributed by atoms with E-state index in [4.69, 9.17) is 0 Å². The molecule has 0 unspecified atom stereocenters. The molecule has 8 heteroatoms. The SMILES string of the molecule is C[C@]12CCCC(=O)[C@@H]1CC[C@@H]2C1(C/C=C\C(O)(C(F)(F)F)C(F)(F)F)CC1. The molecule has 3 saturated carbocycles. The van der Waals surface area contributed by atoms with Gasteiger partial charge in [0.1, 0.15) is 5.78 Å². The van der Waals surface area contributed by atoms with Gasteiger partial charge in [0.2, 0.25) is 0 Å². The van der Waals surface area contributed by atoms with Crippen molar-refractivity contribution >= 4 is 5.78 Å². The Labute approximate surface area is 154 Å². The molecule has 0 saturated heterocycles. The van der Waals surface area contributed by atoms with Gasteiger partial charge in [-0.05, 0) is 67.8 Å². The van der Waals surface area contributed by atoms with E-state index in [9.17, 15) is 36.2 Å². The first-order valence-electron chi connectivity index (χ1n) is 9.33. The number of carbonyl (C=O) groups excluding carboxylic acids is 1. The molecule has 0 heterocycles. The van der Waals surface area contributed by atoms with Crippen LogP contribution in [0.4, 0.5) is 26.3 Å². The zero-order valence-corrected chi connectivity index (χ0v) is 15.1. The maximum atomic E-state index is 12.8. The Morgan fingerprint density at radius 1 is 1.07 bits per heavy atom. The highest BCUT2D eigenvalue weighted by atomic mass is 19.4. The molecule has 0 radical (unpaired) electrons. The lowest BCUT2D eigenvalue weighted by Crippen LogP contribution is -2.55.